The van der Waals surface area contributed by atoms with Gasteiger partial charge in [0.15, 0.2) is 5.13 Å². The number of piperidine rings is 1. The first-order chi connectivity index (χ1) is 10.4. The molecule has 5 heteroatoms. The van der Waals surface area contributed by atoms with Crippen molar-refractivity contribution in [2.24, 2.45) is 16.7 Å². The van der Waals surface area contributed by atoms with Crippen LogP contribution in [0.4, 0.5) is 5.13 Å². The number of hydrogen-bond acceptors (Lipinski definition) is 4. The molecular formula is C17H22N2O2S. The van der Waals surface area contributed by atoms with Crippen molar-refractivity contribution in [1.82, 2.24) is 4.98 Å². The predicted molar refractivity (Wildman–Crippen MR) is 85.9 cm³/mol. The second kappa shape index (κ2) is 4.40. The van der Waals surface area contributed by atoms with E-state index in [0.29, 0.717) is 5.13 Å². The second-order valence-electron chi connectivity index (χ2n) is 7.70. The molecule has 0 unspecified atom stereocenters. The van der Waals surface area contributed by atoms with Gasteiger partial charge in [0.2, 0.25) is 11.8 Å². The van der Waals surface area contributed by atoms with E-state index < -0.39 is 5.41 Å². The van der Waals surface area contributed by atoms with Crippen LogP contribution in [0.2, 0.25) is 0 Å². The number of thiazole rings is 1. The Morgan fingerprint density at radius 3 is 2.64 bits per heavy atom. The molecule has 1 aromatic rings. The van der Waals surface area contributed by atoms with Gasteiger partial charge in [-0.25, -0.2) is 9.88 Å². The monoisotopic (exact) mass is 318 g/mol. The third-order valence-corrected chi connectivity index (χ3v) is 7.59. The molecule has 0 aromatic carbocycles. The zero-order chi connectivity index (χ0) is 15.7. The topological polar surface area (TPSA) is 50.3 Å². The molecule has 4 rings (SSSR count). The molecule has 3 aliphatic rings. The highest BCUT2D eigenvalue weighted by Crippen LogP contribution is 2.60. The van der Waals surface area contributed by atoms with E-state index in [4.69, 9.17) is 0 Å². The van der Waals surface area contributed by atoms with E-state index in [9.17, 15) is 9.59 Å². The molecule has 1 aliphatic heterocycles. The van der Waals surface area contributed by atoms with Crippen LogP contribution in [0, 0.1) is 16.7 Å². The van der Waals surface area contributed by atoms with Gasteiger partial charge in [-0.3, -0.25) is 9.59 Å². The SMILES string of the molecule is CC1(C)[C@H]2CC[C@@]1(C)C(=O)N(c1nc3c(s1)CCCC3)C2=O. The summed E-state index contributed by atoms with van der Waals surface area (Å²) < 4.78 is 0. The van der Waals surface area contributed by atoms with Gasteiger partial charge in [0.05, 0.1) is 11.1 Å². The van der Waals surface area contributed by atoms with Gasteiger partial charge >= 0.3 is 0 Å². The third-order valence-electron chi connectivity index (χ3n) is 6.45. The average Bonchev–Trinajstić information content (AvgIpc) is 2.95. The van der Waals surface area contributed by atoms with E-state index in [-0.39, 0.29) is 23.1 Å². The first-order valence-corrected chi connectivity index (χ1v) is 9.05. The average molecular weight is 318 g/mol. The van der Waals surface area contributed by atoms with E-state index in [1.807, 2.05) is 6.92 Å². The van der Waals surface area contributed by atoms with Crippen LogP contribution in [0.5, 0.6) is 0 Å². The van der Waals surface area contributed by atoms with Crippen molar-refractivity contribution in [2.75, 3.05) is 4.90 Å². The van der Waals surface area contributed by atoms with Crippen LogP contribution in [0.15, 0.2) is 0 Å². The lowest BCUT2D eigenvalue weighted by molar-refractivity contribution is -0.146. The maximum atomic E-state index is 13.1. The van der Waals surface area contributed by atoms with Crippen LogP contribution in [-0.4, -0.2) is 16.8 Å². The number of fused-ring (bicyclic) bond motifs is 3. The van der Waals surface area contributed by atoms with Gasteiger partial charge < -0.3 is 0 Å². The van der Waals surface area contributed by atoms with Gasteiger partial charge in [-0.05, 0) is 43.9 Å². The van der Waals surface area contributed by atoms with E-state index in [1.165, 1.54) is 16.2 Å². The fourth-order valence-corrected chi connectivity index (χ4v) is 5.59. The molecule has 2 amide bonds. The number of nitrogens with zero attached hydrogens (tertiary/aromatic N) is 2. The molecule has 2 aliphatic carbocycles. The van der Waals surface area contributed by atoms with Crippen molar-refractivity contribution < 1.29 is 9.59 Å². The molecule has 2 atom stereocenters. The number of aromatic nitrogens is 1. The lowest BCUT2D eigenvalue weighted by Crippen LogP contribution is -2.59. The van der Waals surface area contributed by atoms with E-state index in [1.54, 1.807) is 11.3 Å². The summed E-state index contributed by atoms with van der Waals surface area (Å²) in [6.45, 7) is 6.18. The van der Waals surface area contributed by atoms with E-state index in [2.05, 4.69) is 18.8 Å². The molecule has 0 radical (unpaired) electrons. The summed E-state index contributed by atoms with van der Waals surface area (Å²) in [7, 11) is 0. The molecule has 2 fully saturated rings. The molecule has 2 heterocycles. The van der Waals surface area contributed by atoms with Crippen molar-refractivity contribution in [2.45, 2.75) is 59.3 Å². The molecule has 1 saturated heterocycles. The summed E-state index contributed by atoms with van der Waals surface area (Å²) in [4.78, 5) is 33.4. The van der Waals surface area contributed by atoms with Crippen LogP contribution in [-0.2, 0) is 22.4 Å². The Morgan fingerprint density at radius 2 is 1.91 bits per heavy atom. The maximum Gasteiger partial charge on any atom is 0.242 e. The number of carbonyl (C=O) groups excluding carboxylic acids is 2. The minimum atomic E-state index is -0.447. The van der Waals surface area contributed by atoms with Gasteiger partial charge in [0.1, 0.15) is 0 Å². The number of hydrogen-bond donors (Lipinski definition) is 0. The quantitative estimate of drug-likeness (QED) is 0.746. The van der Waals surface area contributed by atoms with Crippen LogP contribution < -0.4 is 4.90 Å². The van der Waals surface area contributed by atoms with Gasteiger partial charge in [0.25, 0.3) is 0 Å². The number of rotatable bonds is 1. The second-order valence-corrected chi connectivity index (χ2v) is 8.76. The van der Waals surface area contributed by atoms with Crippen molar-refractivity contribution in [3.8, 4) is 0 Å². The Kier molecular flexibility index (Phi) is 2.88. The summed E-state index contributed by atoms with van der Waals surface area (Å²) in [5.74, 6) is -0.130. The van der Waals surface area contributed by atoms with Crippen molar-refractivity contribution in [3.63, 3.8) is 0 Å². The number of amides is 2. The zero-order valence-electron chi connectivity index (χ0n) is 13.4. The highest BCUT2D eigenvalue weighted by atomic mass is 32.1. The number of aryl methyl sites for hydroxylation is 2. The van der Waals surface area contributed by atoms with Gasteiger partial charge in [0, 0.05) is 10.8 Å². The molecular weight excluding hydrogens is 296 g/mol. The Hall–Kier alpha value is -1.23. The molecule has 1 saturated carbocycles. The lowest BCUT2D eigenvalue weighted by atomic mass is 9.62. The molecule has 0 spiro atoms. The standard InChI is InChI=1S/C17H22N2O2S/c1-16(2)10-8-9-17(16,3)14(21)19(13(10)20)15-18-11-6-4-5-7-12(11)22-15/h10H,4-9H2,1-3H3/t10-,17-/m0/s1. The van der Waals surface area contributed by atoms with Crippen LogP contribution in [0.3, 0.4) is 0 Å². The summed E-state index contributed by atoms with van der Waals surface area (Å²) in [6, 6.07) is 0. The van der Waals surface area contributed by atoms with Crippen molar-refractivity contribution >= 4 is 28.3 Å². The minimum Gasteiger partial charge on any atom is -0.274 e. The maximum absolute atomic E-state index is 13.1. The van der Waals surface area contributed by atoms with E-state index in [0.717, 1.165) is 37.8 Å². The number of anilines is 1. The van der Waals surface area contributed by atoms with Crippen molar-refractivity contribution in [3.05, 3.63) is 10.6 Å². The first-order valence-electron chi connectivity index (χ1n) is 8.23. The summed E-state index contributed by atoms with van der Waals surface area (Å²) >= 11 is 1.55. The third kappa shape index (κ3) is 1.60. The molecule has 22 heavy (non-hydrogen) atoms. The summed E-state index contributed by atoms with van der Waals surface area (Å²) in [5.41, 5.74) is 0.404. The normalized spacial score (nSPS) is 33.2. The molecule has 0 N–H and O–H groups in total. The summed E-state index contributed by atoms with van der Waals surface area (Å²) in [5, 5.41) is 0.621. The van der Waals surface area contributed by atoms with Crippen LogP contribution >= 0.6 is 11.3 Å². The smallest absolute Gasteiger partial charge is 0.242 e. The Morgan fingerprint density at radius 1 is 1.18 bits per heavy atom. The minimum absolute atomic E-state index is 0.0314. The Labute approximate surface area is 134 Å². The Balaban J connectivity index is 1.78. The summed E-state index contributed by atoms with van der Waals surface area (Å²) in [6.07, 6.45) is 5.98. The lowest BCUT2D eigenvalue weighted by Gasteiger charge is -2.46. The van der Waals surface area contributed by atoms with E-state index >= 15 is 0 Å². The molecule has 118 valence electrons. The number of carbonyl (C=O) groups is 2. The fraction of sp³-hybridized carbons (Fsp3) is 0.706. The van der Waals surface area contributed by atoms with Gasteiger partial charge in [-0.2, -0.15) is 0 Å². The molecule has 1 aromatic heterocycles. The molecule has 4 nitrogen and oxygen atoms in total. The van der Waals surface area contributed by atoms with Crippen LogP contribution in [0.1, 0.15) is 57.0 Å². The number of imide groups is 1. The first kappa shape index (κ1) is 14.4. The fourth-order valence-electron chi connectivity index (χ4n) is 4.43. The highest BCUT2D eigenvalue weighted by Gasteiger charge is 2.65. The largest absolute Gasteiger partial charge is 0.274 e. The van der Waals surface area contributed by atoms with Gasteiger partial charge in [-0.1, -0.05) is 20.8 Å². The predicted octanol–water partition coefficient (Wildman–Crippen LogP) is 3.34. The zero-order valence-corrected chi connectivity index (χ0v) is 14.3. The van der Waals surface area contributed by atoms with Crippen molar-refractivity contribution in [1.29, 1.82) is 0 Å². The highest BCUT2D eigenvalue weighted by molar-refractivity contribution is 7.16. The van der Waals surface area contributed by atoms with Gasteiger partial charge in [-0.15, -0.1) is 11.3 Å². The molecule has 2 bridgehead atoms. The van der Waals surface area contributed by atoms with Crippen LogP contribution in [0.25, 0.3) is 0 Å². The Bertz CT molecular complexity index is 655.